The van der Waals surface area contributed by atoms with Gasteiger partial charge >= 0.3 is 5.97 Å². The van der Waals surface area contributed by atoms with E-state index in [2.05, 4.69) is 10.5 Å². The molecule has 1 aromatic rings. The summed E-state index contributed by atoms with van der Waals surface area (Å²) in [5.74, 6) is -0.147. The minimum absolute atomic E-state index is 0.0746. The molecule has 1 aromatic carbocycles. The lowest BCUT2D eigenvalue weighted by atomic mass is 10.1. The highest BCUT2D eigenvalue weighted by Crippen LogP contribution is 2.08. The van der Waals surface area contributed by atoms with Crippen molar-refractivity contribution in [2.75, 3.05) is 6.54 Å². The molecule has 6 nitrogen and oxygen atoms in total. The van der Waals surface area contributed by atoms with Gasteiger partial charge in [-0.1, -0.05) is 23.4 Å². The number of nitrogens with zero attached hydrogens (tertiary/aromatic N) is 1. The van der Waals surface area contributed by atoms with Gasteiger partial charge in [0.2, 0.25) is 0 Å². The molecule has 21 heavy (non-hydrogen) atoms. The summed E-state index contributed by atoms with van der Waals surface area (Å²) in [4.78, 5) is 11.5. The Morgan fingerprint density at radius 3 is 2.76 bits per heavy atom. The van der Waals surface area contributed by atoms with Crippen LogP contribution in [-0.2, 0) is 16.1 Å². The molecule has 0 aromatic heterocycles. The first-order valence-electron chi connectivity index (χ1n) is 6.81. The number of carbonyl (C=O) groups excluding carboxylic acids is 1. The second-order valence-electron chi connectivity index (χ2n) is 5.70. The highest BCUT2D eigenvalue weighted by Gasteiger charge is 2.15. The summed E-state index contributed by atoms with van der Waals surface area (Å²) in [6.45, 7) is 6.66. The third kappa shape index (κ3) is 6.76. The van der Waals surface area contributed by atoms with Crippen molar-refractivity contribution in [2.24, 2.45) is 10.9 Å². The normalized spacial score (nSPS) is 12.2. The molecule has 0 aliphatic rings. The van der Waals surface area contributed by atoms with E-state index in [9.17, 15) is 4.79 Å². The molecule has 0 amide bonds. The standard InChI is InChI=1S/C15H23N3O3/c1-15(2,3)21-13(19)7-8-17-10-11-5-4-6-12(9-11)14(16)18-20/h4-6,9,17,20H,7-8,10H2,1-3H3,(H2,16,18). The van der Waals surface area contributed by atoms with Gasteiger partial charge in [-0.15, -0.1) is 0 Å². The molecule has 0 saturated carbocycles. The van der Waals surface area contributed by atoms with Gasteiger partial charge in [-0.3, -0.25) is 4.79 Å². The van der Waals surface area contributed by atoms with Crippen LogP contribution in [0.4, 0.5) is 0 Å². The first kappa shape index (κ1) is 17.0. The smallest absolute Gasteiger partial charge is 0.307 e. The molecule has 0 radical (unpaired) electrons. The maximum Gasteiger partial charge on any atom is 0.307 e. The van der Waals surface area contributed by atoms with E-state index in [1.165, 1.54) is 0 Å². The van der Waals surface area contributed by atoms with Gasteiger partial charge in [-0.2, -0.15) is 0 Å². The zero-order valence-corrected chi connectivity index (χ0v) is 12.7. The largest absolute Gasteiger partial charge is 0.460 e. The molecule has 0 saturated heterocycles. The number of oxime groups is 1. The Balaban J connectivity index is 2.38. The van der Waals surface area contributed by atoms with Crippen LogP contribution in [0.2, 0.25) is 0 Å². The molecule has 0 fully saturated rings. The van der Waals surface area contributed by atoms with E-state index in [1.54, 1.807) is 6.07 Å². The Kier molecular flexibility index (Phi) is 6.17. The highest BCUT2D eigenvalue weighted by atomic mass is 16.6. The fourth-order valence-corrected chi connectivity index (χ4v) is 1.71. The molecule has 0 atom stereocenters. The minimum Gasteiger partial charge on any atom is -0.460 e. The van der Waals surface area contributed by atoms with Crippen LogP contribution in [-0.4, -0.2) is 29.2 Å². The third-order valence-corrected chi connectivity index (χ3v) is 2.59. The number of ether oxygens (including phenoxy) is 1. The van der Waals surface area contributed by atoms with Crippen LogP contribution in [0, 0.1) is 0 Å². The van der Waals surface area contributed by atoms with Crippen LogP contribution in [0.15, 0.2) is 29.4 Å². The van der Waals surface area contributed by atoms with Crippen molar-refractivity contribution in [2.45, 2.75) is 39.3 Å². The van der Waals surface area contributed by atoms with Crippen molar-refractivity contribution in [3.63, 3.8) is 0 Å². The SMILES string of the molecule is CC(C)(C)OC(=O)CCNCc1cccc(/C(N)=N/O)c1. The van der Waals surface area contributed by atoms with E-state index in [0.717, 1.165) is 5.56 Å². The Labute approximate surface area is 125 Å². The molecule has 4 N–H and O–H groups in total. The summed E-state index contributed by atoms with van der Waals surface area (Å²) in [7, 11) is 0. The maximum absolute atomic E-state index is 11.5. The quantitative estimate of drug-likeness (QED) is 0.185. The summed E-state index contributed by atoms with van der Waals surface area (Å²) in [6.07, 6.45) is 0.317. The van der Waals surface area contributed by atoms with E-state index in [0.29, 0.717) is 25.1 Å². The first-order chi connectivity index (χ1) is 9.81. The van der Waals surface area contributed by atoms with Crippen molar-refractivity contribution in [3.8, 4) is 0 Å². The lowest BCUT2D eigenvalue weighted by Crippen LogP contribution is -2.26. The summed E-state index contributed by atoms with van der Waals surface area (Å²) in [6, 6.07) is 7.35. The molecule has 0 bridgehead atoms. The molecule has 0 unspecified atom stereocenters. The summed E-state index contributed by atoms with van der Waals surface area (Å²) >= 11 is 0. The number of rotatable bonds is 6. The minimum atomic E-state index is -0.452. The maximum atomic E-state index is 11.5. The Bertz CT molecular complexity index is 507. The number of hydrogen-bond donors (Lipinski definition) is 3. The van der Waals surface area contributed by atoms with E-state index >= 15 is 0 Å². The second kappa shape index (κ2) is 7.64. The lowest BCUT2D eigenvalue weighted by Gasteiger charge is -2.19. The number of benzene rings is 1. The van der Waals surface area contributed by atoms with Gasteiger partial charge in [-0.25, -0.2) is 0 Å². The molecule has 0 aliphatic carbocycles. The lowest BCUT2D eigenvalue weighted by molar-refractivity contribution is -0.154. The third-order valence-electron chi connectivity index (χ3n) is 2.59. The van der Waals surface area contributed by atoms with Crippen molar-refractivity contribution in [1.29, 1.82) is 0 Å². The van der Waals surface area contributed by atoms with Crippen molar-refractivity contribution >= 4 is 11.8 Å². The average molecular weight is 293 g/mol. The van der Waals surface area contributed by atoms with Gasteiger partial charge in [0.05, 0.1) is 6.42 Å². The van der Waals surface area contributed by atoms with E-state index in [-0.39, 0.29) is 11.8 Å². The van der Waals surface area contributed by atoms with Crippen LogP contribution in [0.25, 0.3) is 0 Å². The number of carbonyl (C=O) groups is 1. The van der Waals surface area contributed by atoms with Gasteiger partial charge in [0.15, 0.2) is 5.84 Å². The fourth-order valence-electron chi connectivity index (χ4n) is 1.71. The fraction of sp³-hybridized carbons (Fsp3) is 0.467. The number of hydrogen-bond acceptors (Lipinski definition) is 5. The molecule has 6 heteroatoms. The number of nitrogens with one attached hydrogen (secondary N) is 1. The molecular formula is C15H23N3O3. The first-order valence-corrected chi connectivity index (χ1v) is 6.81. The highest BCUT2D eigenvalue weighted by molar-refractivity contribution is 5.97. The molecule has 0 aliphatic heterocycles. The predicted octanol–water partition coefficient (Wildman–Crippen LogP) is 1.60. The molecule has 116 valence electrons. The van der Waals surface area contributed by atoms with Gasteiger partial charge < -0.3 is 21.0 Å². The zero-order valence-electron chi connectivity index (χ0n) is 12.7. The Morgan fingerprint density at radius 1 is 1.43 bits per heavy atom. The number of amidine groups is 1. The van der Waals surface area contributed by atoms with Gasteiger partial charge in [-0.05, 0) is 32.4 Å². The van der Waals surface area contributed by atoms with E-state index in [1.807, 2.05) is 39.0 Å². The van der Waals surface area contributed by atoms with Gasteiger partial charge in [0.25, 0.3) is 0 Å². The molecular weight excluding hydrogens is 270 g/mol. The van der Waals surface area contributed by atoms with Crippen molar-refractivity contribution < 1.29 is 14.7 Å². The van der Waals surface area contributed by atoms with Crippen LogP contribution in [0.5, 0.6) is 0 Å². The van der Waals surface area contributed by atoms with Crippen molar-refractivity contribution in [3.05, 3.63) is 35.4 Å². The van der Waals surface area contributed by atoms with Crippen LogP contribution < -0.4 is 11.1 Å². The summed E-state index contributed by atoms with van der Waals surface area (Å²) in [5.41, 5.74) is 6.73. The molecule has 1 rings (SSSR count). The van der Waals surface area contributed by atoms with Crippen LogP contribution >= 0.6 is 0 Å². The van der Waals surface area contributed by atoms with E-state index < -0.39 is 5.60 Å². The van der Waals surface area contributed by atoms with Crippen molar-refractivity contribution in [1.82, 2.24) is 5.32 Å². The number of nitrogens with two attached hydrogens (primary N) is 1. The Morgan fingerprint density at radius 2 is 2.14 bits per heavy atom. The van der Waals surface area contributed by atoms with Crippen LogP contribution in [0.3, 0.4) is 0 Å². The topological polar surface area (TPSA) is 96.9 Å². The predicted molar refractivity (Wildman–Crippen MR) is 81.1 cm³/mol. The Hall–Kier alpha value is -2.08. The van der Waals surface area contributed by atoms with E-state index in [4.69, 9.17) is 15.7 Å². The zero-order chi connectivity index (χ0) is 15.9. The van der Waals surface area contributed by atoms with Gasteiger partial charge in [0, 0.05) is 18.7 Å². The van der Waals surface area contributed by atoms with Crippen LogP contribution in [0.1, 0.15) is 38.3 Å². The monoisotopic (exact) mass is 293 g/mol. The molecule has 0 heterocycles. The van der Waals surface area contributed by atoms with Gasteiger partial charge in [0.1, 0.15) is 5.60 Å². The number of esters is 1. The molecule has 0 spiro atoms. The summed E-state index contributed by atoms with van der Waals surface area (Å²) in [5, 5.41) is 14.8. The summed E-state index contributed by atoms with van der Waals surface area (Å²) < 4.78 is 5.22. The average Bonchev–Trinajstić information content (AvgIpc) is 2.41. The second-order valence-corrected chi connectivity index (χ2v) is 5.70.